The van der Waals surface area contributed by atoms with Gasteiger partial charge in [-0.1, -0.05) is 18.2 Å². The maximum Gasteiger partial charge on any atom is 0.235 e. The number of phenols is 1. The number of fused-ring (bicyclic) bond motifs is 4. The lowest BCUT2D eigenvalue weighted by Crippen LogP contribution is -2.74. The minimum absolute atomic E-state index is 0.00698. The highest BCUT2D eigenvalue weighted by atomic mass is 19.1. The minimum Gasteiger partial charge on any atom is -0.507 e. The number of carbonyl (C=O) groups is 5. The molecule has 11 heteroatoms. The average Bonchev–Trinajstić information content (AvgIpc) is 3.30. The number of carbonyl (C=O) groups excluding carboxylic acids is 5. The second kappa shape index (κ2) is 9.50. The predicted octanol–water partition coefficient (Wildman–Crippen LogP) is 0.564. The summed E-state index contributed by atoms with van der Waals surface area (Å²) in [6, 6.07) is 6.14. The summed E-state index contributed by atoms with van der Waals surface area (Å²) in [6.45, 7) is 1.43. The third-order valence-corrected chi connectivity index (χ3v) is 9.55. The number of ketones is 4. The third-order valence-electron chi connectivity index (χ3n) is 9.55. The summed E-state index contributed by atoms with van der Waals surface area (Å²) in [5.41, 5.74) is 3.94. The Morgan fingerprint density at radius 1 is 1.17 bits per heavy atom. The second-order valence-corrected chi connectivity index (χ2v) is 12.2. The van der Waals surface area contributed by atoms with Crippen molar-refractivity contribution < 1.29 is 38.6 Å². The fourth-order valence-electron chi connectivity index (χ4n) is 7.71. The molecular formula is C30H32FN3O7. The summed E-state index contributed by atoms with van der Waals surface area (Å²) < 4.78 is 13.7. The van der Waals surface area contributed by atoms with Gasteiger partial charge >= 0.3 is 0 Å². The fraction of sp³-hybridized carbons (Fsp3) is 0.500. The van der Waals surface area contributed by atoms with Crippen molar-refractivity contribution in [1.82, 2.24) is 9.80 Å². The number of aliphatic hydroxyl groups is 1. The largest absolute Gasteiger partial charge is 0.507 e. The number of amides is 1. The molecule has 216 valence electrons. The summed E-state index contributed by atoms with van der Waals surface area (Å²) >= 11 is 0. The fourth-order valence-corrected chi connectivity index (χ4v) is 7.71. The van der Waals surface area contributed by atoms with E-state index in [1.165, 1.54) is 4.90 Å². The van der Waals surface area contributed by atoms with E-state index in [4.69, 9.17) is 5.73 Å². The number of likely N-dealkylation sites (N-methyl/N-ethyl adjacent to an activating group) is 1. The molecule has 3 aliphatic carbocycles. The van der Waals surface area contributed by atoms with E-state index in [1.807, 2.05) is 17.0 Å². The van der Waals surface area contributed by atoms with E-state index < -0.39 is 70.5 Å². The van der Waals surface area contributed by atoms with E-state index in [-0.39, 0.29) is 24.2 Å². The maximum atomic E-state index is 13.9. The number of rotatable bonds is 4. The number of nitrogens with zero attached hydrogens (tertiary/aromatic N) is 2. The van der Waals surface area contributed by atoms with Crippen molar-refractivity contribution in [3.05, 3.63) is 41.0 Å². The van der Waals surface area contributed by atoms with E-state index in [0.717, 1.165) is 5.56 Å². The molecule has 0 spiro atoms. The Morgan fingerprint density at radius 2 is 1.90 bits per heavy atom. The van der Waals surface area contributed by atoms with Gasteiger partial charge in [0.05, 0.1) is 17.5 Å². The molecule has 2 unspecified atom stereocenters. The van der Waals surface area contributed by atoms with Crippen LogP contribution in [0.25, 0.3) is 10.8 Å². The zero-order valence-corrected chi connectivity index (χ0v) is 22.8. The minimum atomic E-state index is -2.75. The van der Waals surface area contributed by atoms with E-state index >= 15 is 0 Å². The number of halogens is 1. The number of hydrogen-bond donors (Lipinski definition) is 3. The van der Waals surface area contributed by atoms with Crippen LogP contribution in [-0.2, 0) is 32.1 Å². The Labute approximate surface area is 235 Å². The van der Waals surface area contributed by atoms with Crippen molar-refractivity contribution >= 4 is 39.8 Å². The number of alkyl halides is 1. The molecule has 4 aliphatic rings. The van der Waals surface area contributed by atoms with Gasteiger partial charge in [0.25, 0.3) is 0 Å². The number of phenolic OH excluding ortho intramolecular Hbond substituents is 1. The van der Waals surface area contributed by atoms with Crippen LogP contribution < -0.4 is 5.73 Å². The van der Waals surface area contributed by atoms with Crippen molar-refractivity contribution in [2.75, 3.05) is 27.2 Å². The number of nitrogens with two attached hydrogens (primary N) is 1. The number of likely N-dealkylation sites (tertiary alicyclic amines) is 1. The van der Waals surface area contributed by atoms with Crippen LogP contribution in [-0.4, -0.2) is 94.1 Å². The summed E-state index contributed by atoms with van der Waals surface area (Å²) in [5, 5.41) is 24.1. The number of aromatic hydroxyl groups is 1. The van der Waals surface area contributed by atoms with Crippen LogP contribution >= 0.6 is 0 Å². The summed E-state index contributed by atoms with van der Waals surface area (Å²) in [5.74, 6) is -10.6. The molecule has 3 fully saturated rings. The Kier molecular flexibility index (Phi) is 6.40. The van der Waals surface area contributed by atoms with Gasteiger partial charge in [0.15, 0.2) is 34.7 Å². The first-order valence-corrected chi connectivity index (χ1v) is 13.8. The molecule has 1 aliphatic heterocycles. The summed E-state index contributed by atoms with van der Waals surface area (Å²) in [7, 11) is 3.10. The Balaban J connectivity index is 1.41. The van der Waals surface area contributed by atoms with Gasteiger partial charge in [-0.25, -0.2) is 4.39 Å². The van der Waals surface area contributed by atoms with Crippen LogP contribution in [0.3, 0.4) is 0 Å². The quantitative estimate of drug-likeness (QED) is 0.451. The molecule has 1 heterocycles. The first-order valence-electron chi connectivity index (χ1n) is 13.8. The van der Waals surface area contributed by atoms with Gasteiger partial charge in [0, 0.05) is 30.9 Å². The second-order valence-electron chi connectivity index (χ2n) is 12.2. The van der Waals surface area contributed by atoms with Gasteiger partial charge < -0.3 is 15.9 Å². The molecule has 6 rings (SSSR count). The molecule has 2 saturated carbocycles. The van der Waals surface area contributed by atoms with Crippen molar-refractivity contribution in [1.29, 1.82) is 0 Å². The Hall–Kier alpha value is -3.54. The molecule has 0 aromatic heterocycles. The van der Waals surface area contributed by atoms with Crippen molar-refractivity contribution in [3.63, 3.8) is 0 Å². The van der Waals surface area contributed by atoms with Crippen LogP contribution in [0.4, 0.5) is 4.39 Å². The molecule has 0 bridgehead atoms. The lowest BCUT2D eigenvalue weighted by atomic mass is 9.52. The van der Waals surface area contributed by atoms with Crippen molar-refractivity contribution in [3.8, 4) is 5.75 Å². The molecule has 0 radical (unpaired) electrons. The third kappa shape index (κ3) is 3.97. The lowest BCUT2D eigenvalue weighted by molar-refractivity contribution is -0.181. The Bertz CT molecular complexity index is 1540. The predicted molar refractivity (Wildman–Crippen MR) is 144 cm³/mol. The van der Waals surface area contributed by atoms with E-state index in [9.17, 15) is 38.6 Å². The van der Waals surface area contributed by atoms with Gasteiger partial charge in [0.1, 0.15) is 11.9 Å². The number of Topliss-reactive ketones (excluding diaryl/α,β-unsaturated/α-hetero) is 4. The average molecular weight is 566 g/mol. The number of primary amides is 1. The number of benzene rings is 2. The van der Waals surface area contributed by atoms with Gasteiger partial charge in [0.2, 0.25) is 5.91 Å². The number of hydrogen-bond acceptors (Lipinski definition) is 9. The van der Waals surface area contributed by atoms with Crippen LogP contribution in [0.1, 0.15) is 34.3 Å². The molecule has 2 aromatic rings. The topological polar surface area (TPSA) is 158 Å². The first-order chi connectivity index (χ1) is 19.3. The van der Waals surface area contributed by atoms with E-state index in [0.29, 0.717) is 42.4 Å². The molecule has 1 saturated heterocycles. The van der Waals surface area contributed by atoms with E-state index in [1.54, 1.807) is 26.2 Å². The van der Waals surface area contributed by atoms with Crippen LogP contribution in [0, 0.1) is 23.7 Å². The molecule has 10 nitrogen and oxygen atoms in total. The van der Waals surface area contributed by atoms with Crippen molar-refractivity contribution in [2.45, 2.75) is 43.6 Å². The van der Waals surface area contributed by atoms with Crippen molar-refractivity contribution in [2.24, 2.45) is 29.4 Å². The van der Waals surface area contributed by atoms with Gasteiger partial charge in [-0.05, 0) is 61.9 Å². The van der Waals surface area contributed by atoms with Gasteiger partial charge in [-0.15, -0.1) is 0 Å². The molecule has 41 heavy (non-hydrogen) atoms. The molecular weight excluding hydrogens is 533 g/mol. The van der Waals surface area contributed by atoms with Crippen LogP contribution in [0.5, 0.6) is 5.75 Å². The monoisotopic (exact) mass is 565 g/mol. The van der Waals surface area contributed by atoms with Gasteiger partial charge in [-0.2, -0.15) is 0 Å². The highest BCUT2D eigenvalue weighted by molar-refractivity contribution is 6.32. The zero-order chi connectivity index (χ0) is 29.5. The molecule has 4 N–H and O–H groups in total. The zero-order valence-electron chi connectivity index (χ0n) is 22.8. The standard InChI is InChI=1S/C30H32FN3O7/c1-33(2)23-19-10-16-9-15-8-14-4-3-13(11-34-6-5-17(31)12-34)7-18(14)24(35)20(15)25(36)21(16)27(38)30(19,41)28(39)22(26(23)37)29(32)40/h3-4,7-8,16-17,19,21-23,35,41H,5-6,9-12H2,1-2H3,(H2,32,40)/t16-,17+,19-,21?,22?,23-,30-/m0/s1. The van der Waals surface area contributed by atoms with Gasteiger partial charge in [-0.3, -0.25) is 33.8 Å². The first kappa shape index (κ1) is 27.6. The van der Waals surface area contributed by atoms with E-state index in [2.05, 4.69) is 0 Å². The normalized spacial score (nSPS) is 33.7. The SMILES string of the molecule is CN(C)[C@@H]1C(=O)C(C(N)=O)C(=O)[C@@]2(O)C(=O)C3C(=O)c4c(cc5ccc(CN6CC[C@@H](F)C6)cc5c4O)C[C@H]3C[C@@H]12. The van der Waals surface area contributed by atoms with Crippen LogP contribution in [0.15, 0.2) is 24.3 Å². The molecule has 2 aromatic carbocycles. The maximum absolute atomic E-state index is 13.9. The smallest absolute Gasteiger partial charge is 0.235 e. The lowest BCUT2D eigenvalue weighted by Gasteiger charge is -2.52. The van der Waals surface area contributed by atoms with Crippen LogP contribution in [0.2, 0.25) is 0 Å². The highest BCUT2D eigenvalue weighted by Gasteiger charge is 2.69. The summed E-state index contributed by atoms with van der Waals surface area (Å²) in [4.78, 5) is 70.0. The summed E-state index contributed by atoms with van der Waals surface area (Å²) in [6.07, 6.45) is -0.184. The Morgan fingerprint density at radius 3 is 2.54 bits per heavy atom. The molecule has 1 amide bonds. The molecule has 7 atom stereocenters. The highest BCUT2D eigenvalue weighted by Crippen LogP contribution is 2.51.